The number of hydrogen-bond donors (Lipinski definition) is 1. The summed E-state index contributed by atoms with van der Waals surface area (Å²) in [6, 6.07) is 12.0. The van der Waals surface area contributed by atoms with Gasteiger partial charge >= 0.3 is 0 Å². The molecule has 3 rings (SSSR count). The van der Waals surface area contributed by atoms with E-state index in [1.54, 1.807) is 12.5 Å². The Kier molecular flexibility index (Phi) is 4.98. The van der Waals surface area contributed by atoms with Gasteiger partial charge in [-0.2, -0.15) is 0 Å². The number of carbonyl (C=O) groups is 1. The van der Waals surface area contributed by atoms with Crippen LogP contribution in [-0.4, -0.2) is 23.2 Å². The van der Waals surface area contributed by atoms with Crippen molar-refractivity contribution >= 4 is 28.6 Å². The largest absolute Gasteiger partial charge is 0.468 e. The first-order valence-electron chi connectivity index (χ1n) is 7.50. The van der Waals surface area contributed by atoms with Crippen LogP contribution in [0.3, 0.4) is 0 Å². The lowest BCUT2D eigenvalue weighted by Crippen LogP contribution is -2.27. The summed E-state index contributed by atoms with van der Waals surface area (Å²) in [4.78, 5) is 17.4. The fourth-order valence-corrected chi connectivity index (χ4v) is 3.21. The molecule has 0 saturated carbocycles. The molecule has 0 unspecified atom stereocenters. The summed E-state index contributed by atoms with van der Waals surface area (Å²) >= 11 is 1.49. The van der Waals surface area contributed by atoms with E-state index in [0.717, 1.165) is 33.5 Å². The highest BCUT2D eigenvalue weighted by Crippen LogP contribution is 2.22. The van der Waals surface area contributed by atoms with Crippen molar-refractivity contribution in [1.29, 1.82) is 0 Å². The summed E-state index contributed by atoms with van der Waals surface area (Å²) in [6.45, 7) is 2.51. The van der Waals surface area contributed by atoms with E-state index in [2.05, 4.69) is 16.4 Å². The summed E-state index contributed by atoms with van der Waals surface area (Å²) < 4.78 is 5.22. The van der Waals surface area contributed by atoms with Gasteiger partial charge in [0.05, 0.1) is 17.5 Å². The van der Waals surface area contributed by atoms with Crippen molar-refractivity contribution in [3.8, 4) is 0 Å². The van der Waals surface area contributed by atoms with Crippen LogP contribution in [0.15, 0.2) is 58.2 Å². The van der Waals surface area contributed by atoms with Crippen LogP contribution < -0.4 is 5.32 Å². The average molecular weight is 326 g/mol. The predicted molar refractivity (Wildman–Crippen MR) is 92.6 cm³/mol. The molecule has 2 heterocycles. The third-order valence-corrected chi connectivity index (χ3v) is 4.74. The van der Waals surface area contributed by atoms with E-state index in [0.29, 0.717) is 12.3 Å². The average Bonchev–Trinajstić information content (AvgIpc) is 2.98. The molecule has 4 nitrogen and oxygen atoms in total. The number of aryl methyl sites for hydroxylation is 1. The van der Waals surface area contributed by atoms with Crippen LogP contribution >= 0.6 is 11.8 Å². The first-order chi connectivity index (χ1) is 11.2. The molecule has 1 N–H and O–H groups in total. The smallest absolute Gasteiger partial charge is 0.230 e. The van der Waals surface area contributed by atoms with E-state index < -0.39 is 0 Å². The second-order valence-electron chi connectivity index (χ2n) is 5.22. The van der Waals surface area contributed by atoms with Gasteiger partial charge in [0.1, 0.15) is 5.76 Å². The molecule has 0 aliphatic rings. The Labute approximate surface area is 139 Å². The van der Waals surface area contributed by atoms with Crippen LogP contribution in [0.4, 0.5) is 0 Å². The second kappa shape index (κ2) is 7.33. The quantitative estimate of drug-likeness (QED) is 0.703. The summed E-state index contributed by atoms with van der Waals surface area (Å²) in [5.74, 6) is 1.28. The number of nitrogens with zero attached hydrogens (tertiary/aromatic N) is 1. The third kappa shape index (κ3) is 3.93. The van der Waals surface area contributed by atoms with Gasteiger partial charge in [-0.1, -0.05) is 24.3 Å². The van der Waals surface area contributed by atoms with Crippen molar-refractivity contribution in [2.24, 2.45) is 0 Å². The Bertz CT molecular complexity index is 808. The molecule has 0 aliphatic heterocycles. The minimum Gasteiger partial charge on any atom is -0.468 e. The van der Waals surface area contributed by atoms with E-state index >= 15 is 0 Å². The van der Waals surface area contributed by atoms with Gasteiger partial charge in [0.2, 0.25) is 5.91 Å². The molecular weight excluding hydrogens is 308 g/mol. The molecule has 23 heavy (non-hydrogen) atoms. The number of pyridine rings is 1. The van der Waals surface area contributed by atoms with Crippen molar-refractivity contribution in [3.63, 3.8) is 0 Å². The number of para-hydroxylation sites is 1. The monoisotopic (exact) mass is 326 g/mol. The molecule has 0 fully saturated rings. The number of aromatic nitrogens is 1. The number of fused-ring (bicyclic) bond motifs is 1. The Balaban J connectivity index is 1.50. The molecule has 0 aliphatic carbocycles. The molecule has 1 aromatic carbocycles. The third-order valence-electron chi connectivity index (χ3n) is 3.60. The fraction of sp³-hybridized carbons (Fsp3) is 0.222. The zero-order valence-corrected chi connectivity index (χ0v) is 13.7. The number of amides is 1. The van der Waals surface area contributed by atoms with Crippen molar-refractivity contribution in [2.75, 3.05) is 12.3 Å². The summed E-state index contributed by atoms with van der Waals surface area (Å²) in [5.41, 5.74) is 2.16. The highest BCUT2D eigenvalue weighted by atomic mass is 32.2. The standard InChI is InChI=1S/C18H18N2O2S/c1-13-16(8-11-22-13)23-12-17(21)19-10-7-15-5-2-4-14-6-3-9-20-18(14)15/h2-6,8-9,11H,7,10,12H2,1H3,(H,19,21). The SMILES string of the molecule is Cc1occc1SCC(=O)NCCc1cccc2cccnc12. The van der Waals surface area contributed by atoms with Crippen molar-refractivity contribution < 1.29 is 9.21 Å². The maximum Gasteiger partial charge on any atom is 0.230 e. The molecule has 0 spiro atoms. The minimum absolute atomic E-state index is 0.0313. The van der Waals surface area contributed by atoms with Gasteiger partial charge in [0.25, 0.3) is 0 Å². The van der Waals surface area contributed by atoms with Crippen LogP contribution in [0.25, 0.3) is 10.9 Å². The minimum atomic E-state index is 0.0313. The molecule has 0 atom stereocenters. The van der Waals surface area contributed by atoms with Gasteiger partial charge in [-0.15, -0.1) is 11.8 Å². The van der Waals surface area contributed by atoms with Crippen molar-refractivity contribution in [3.05, 3.63) is 60.2 Å². The van der Waals surface area contributed by atoms with E-state index in [4.69, 9.17) is 4.42 Å². The van der Waals surface area contributed by atoms with E-state index in [1.807, 2.05) is 37.3 Å². The van der Waals surface area contributed by atoms with Gasteiger partial charge in [-0.25, -0.2) is 0 Å². The zero-order chi connectivity index (χ0) is 16.1. The summed E-state index contributed by atoms with van der Waals surface area (Å²) in [6.07, 6.45) is 4.22. The van der Waals surface area contributed by atoms with Crippen LogP contribution in [-0.2, 0) is 11.2 Å². The van der Waals surface area contributed by atoms with Crippen LogP contribution in [0, 0.1) is 6.92 Å². The van der Waals surface area contributed by atoms with Gasteiger partial charge in [0, 0.05) is 23.0 Å². The second-order valence-corrected chi connectivity index (χ2v) is 6.24. The highest BCUT2D eigenvalue weighted by molar-refractivity contribution is 8.00. The molecule has 2 aromatic heterocycles. The summed E-state index contributed by atoms with van der Waals surface area (Å²) in [7, 11) is 0. The number of furan rings is 1. The van der Waals surface area contributed by atoms with Gasteiger partial charge < -0.3 is 9.73 Å². The molecule has 3 aromatic rings. The van der Waals surface area contributed by atoms with E-state index in [-0.39, 0.29) is 5.91 Å². The molecule has 5 heteroatoms. The maximum atomic E-state index is 11.9. The number of thioether (sulfide) groups is 1. The molecular formula is C18H18N2O2S. The zero-order valence-electron chi connectivity index (χ0n) is 12.9. The number of rotatable bonds is 6. The lowest BCUT2D eigenvalue weighted by Gasteiger charge is -2.07. The molecule has 0 saturated heterocycles. The maximum absolute atomic E-state index is 11.9. The Hall–Kier alpha value is -2.27. The number of carbonyl (C=O) groups excluding carboxylic acids is 1. The van der Waals surface area contributed by atoms with Crippen LogP contribution in [0.1, 0.15) is 11.3 Å². The van der Waals surface area contributed by atoms with Crippen molar-refractivity contribution in [1.82, 2.24) is 10.3 Å². The van der Waals surface area contributed by atoms with Crippen LogP contribution in [0.2, 0.25) is 0 Å². The number of hydrogen-bond acceptors (Lipinski definition) is 4. The Morgan fingerprint density at radius 3 is 2.96 bits per heavy atom. The first kappa shape index (κ1) is 15.6. The van der Waals surface area contributed by atoms with Gasteiger partial charge in [-0.3, -0.25) is 9.78 Å². The van der Waals surface area contributed by atoms with E-state index in [9.17, 15) is 4.79 Å². The van der Waals surface area contributed by atoms with E-state index in [1.165, 1.54) is 11.8 Å². The fourth-order valence-electron chi connectivity index (χ4n) is 2.42. The van der Waals surface area contributed by atoms with Crippen LogP contribution in [0.5, 0.6) is 0 Å². The predicted octanol–water partition coefficient (Wildman–Crippen LogP) is 3.59. The number of benzene rings is 1. The van der Waals surface area contributed by atoms with Gasteiger partial charge in [-0.05, 0) is 31.0 Å². The molecule has 0 radical (unpaired) electrons. The Morgan fingerprint density at radius 1 is 1.26 bits per heavy atom. The topological polar surface area (TPSA) is 55.1 Å². The highest BCUT2D eigenvalue weighted by Gasteiger charge is 2.07. The lowest BCUT2D eigenvalue weighted by molar-refractivity contribution is -0.118. The molecule has 0 bridgehead atoms. The molecule has 118 valence electrons. The summed E-state index contributed by atoms with van der Waals surface area (Å²) in [5, 5.41) is 4.09. The number of nitrogens with one attached hydrogen (secondary N) is 1. The lowest BCUT2D eigenvalue weighted by atomic mass is 10.1. The normalized spacial score (nSPS) is 10.8. The first-order valence-corrected chi connectivity index (χ1v) is 8.49. The van der Waals surface area contributed by atoms with Gasteiger partial charge in [0.15, 0.2) is 0 Å². The van der Waals surface area contributed by atoms with Crippen molar-refractivity contribution in [2.45, 2.75) is 18.2 Å². The molecule has 1 amide bonds. The Morgan fingerprint density at radius 2 is 2.13 bits per heavy atom.